The molecule has 0 aliphatic rings. The van der Waals surface area contributed by atoms with Crippen molar-refractivity contribution in [3.63, 3.8) is 0 Å². The predicted molar refractivity (Wildman–Crippen MR) is 85.2 cm³/mol. The number of nitro benzene ring substituents is 1. The number of benzene rings is 2. The van der Waals surface area contributed by atoms with Crippen molar-refractivity contribution in [1.82, 2.24) is 0 Å². The van der Waals surface area contributed by atoms with Gasteiger partial charge in [0.2, 0.25) is 0 Å². The fraction of sp³-hybridized carbons (Fsp3) is 0.125. The van der Waals surface area contributed by atoms with E-state index in [2.05, 4.69) is 5.32 Å². The lowest BCUT2D eigenvalue weighted by Gasteiger charge is -2.10. The lowest BCUT2D eigenvalue weighted by molar-refractivity contribution is -0.385. The predicted octanol–water partition coefficient (Wildman–Crippen LogP) is 2.49. The maximum atomic E-state index is 12.3. The van der Waals surface area contributed by atoms with E-state index in [1.807, 2.05) is 0 Å². The number of nitrogens with one attached hydrogen (secondary N) is 1. The molecule has 1 amide bonds. The average Bonchev–Trinajstić information content (AvgIpc) is 2.49. The van der Waals surface area contributed by atoms with Gasteiger partial charge >= 0.3 is 5.97 Å². The second-order valence-corrected chi connectivity index (χ2v) is 5.08. The summed E-state index contributed by atoms with van der Waals surface area (Å²) in [6, 6.07) is 8.15. The number of carbonyl (C=O) groups is 2. The zero-order valence-corrected chi connectivity index (χ0v) is 12.6. The summed E-state index contributed by atoms with van der Waals surface area (Å²) in [5, 5.41) is 32.0. The Morgan fingerprint density at radius 2 is 1.96 bits per heavy atom. The van der Waals surface area contributed by atoms with Crippen LogP contribution in [0.3, 0.4) is 0 Å². The van der Waals surface area contributed by atoms with Gasteiger partial charge in [-0.2, -0.15) is 0 Å². The van der Waals surface area contributed by atoms with Gasteiger partial charge < -0.3 is 15.5 Å². The van der Waals surface area contributed by atoms with Gasteiger partial charge in [-0.15, -0.1) is 0 Å². The summed E-state index contributed by atoms with van der Waals surface area (Å²) in [4.78, 5) is 33.4. The molecule has 8 nitrogen and oxygen atoms in total. The minimum Gasteiger partial charge on any atom is -0.506 e. The third-order valence-electron chi connectivity index (χ3n) is 3.41. The van der Waals surface area contributed by atoms with Gasteiger partial charge in [0.05, 0.1) is 17.0 Å². The topological polar surface area (TPSA) is 130 Å². The molecule has 2 aromatic rings. The number of amides is 1. The van der Waals surface area contributed by atoms with E-state index in [1.54, 1.807) is 0 Å². The van der Waals surface area contributed by atoms with Crippen LogP contribution < -0.4 is 5.32 Å². The fourth-order valence-electron chi connectivity index (χ4n) is 2.22. The molecule has 2 rings (SSSR count). The van der Waals surface area contributed by atoms with Crippen molar-refractivity contribution in [2.24, 2.45) is 0 Å². The van der Waals surface area contributed by atoms with Crippen molar-refractivity contribution in [3.8, 4) is 5.75 Å². The highest BCUT2D eigenvalue weighted by molar-refractivity contribution is 6.06. The molecule has 0 unspecified atom stereocenters. The lowest BCUT2D eigenvalue weighted by atomic mass is 10.1. The van der Waals surface area contributed by atoms with Crippen LogP contribution in [0, 0.1) is 17.0 Å². The van der Waals surface area contributed by atoms with Crippen molar-refractivity contribution >= 4 is 23.3 Å². The van der Waals surface area contributed by atoms with Crippen LogP contribution in [0.25, 0.3) is 0 Å². The molecule has 0 heterocycles. The molecule has 3 N–H and O–H groups in total. The van der Waals surface area contributed by atoms with Crippen LogP contribution in [0.1, 0.15) is 21.5 Å². The first-order valence-corrected chi connectivity index (χ1v) is 6.88. The first kappa shape index (κ1) is 16.9. The molecular weight excluding hydrogens is 316 g/mol. The van der Waals surface area contributed by atoms with Gasteiger partial charge in [0.15, 0.2) is 0 Å². The van der Waals surface area contributed by atoms with Gasteiger partial charge in [0, 0.05) is 17.2 Å². The molecule has 0 aliphatic heterocycles. The first-order valence-electron chi connectivity index (χ1n) is 6.88. The van der Waals surface area contributed by atoms with E-state index in [9.17, 15) is 24.8 Å². The maximum Gasteiger partial charge on any atom is 0.307 e. The van der Waals surface area contributed by atoms with Gasteiger partial charge in [-0.1, -0.05) is 12.1 Å². The van der Waals surface area contributed by atoms with Crippen molar-refractivity contribution < 1.29 is 24.7 Å². The summed E-state index contributed by atoms with van der Waals surface area (Å²) in [6.45, 7) is 1.45. The Labute approximate surface area is 136 Å². The minimum atomic E-state index is -1.05. The SMILES string of the molecule is Cc1c(C(=O)Nc2cc(CC(=O)O)ccc2O)cccc1[N+](=O)[O-]. The molecule has 0 aromatic heterocycles. The van der Waals surface area contributed by atoms with Crippen LogP contribution in [0.15, 0.2) is 36.4 Å². The Morgan fingerprint density at radius 3 is 2.58 bits per heavy atom. The molecule has 0 spiro atoms. The molecular formula is C16H14N2O6. The molecule has 0 radical (unpaired) electrons. The third kappa shape index (κ3) is 3.67. The number of carbonyl (C=O) groups excluding carboxylic acids is 1. The Hall–Kier alpha value is -3.42. The van der Waals surface area contributed by atoms with Crippen LogP contribution >= 0.6 is 0 Å². The summed E-state index contributed by atoms with van der Waals surface area (Å²) in [5.74, 6) is -1.92. The van der Waals surface area contributed by atoms with Crippen LogP contribution in [0.2, 0.25) is 0 Å². The smallest absolute Gasteiger partial charge is 0.307 e. The average molecular weight is 330 g/mol. The Balaban J connectivity index is 2.32. The monoisotopic (exact) mass is 330 g/mol. The molecule has 0 saturated heterocycles. The van der Waals surface area contributed by atoms with Gasteiger partial charge in [0.25, 0.3) is 11.6 Å². The highest BCUT2D eigenvalue weighted by Crippen LogP contribution is 2.27. The molecule has 24 heavy (non-hydrogen) atoms. The maximum absolute atomic E-state index is 12.3. The van der Waals surface area contributed by atoms with E-state index in [1.165, 1.54) is 43.3 Å². The van der Waals surface area contributed by atoms with Crippen molar-refractivity contribution in [3.05, 3.63) is 63.2 Å². The number of rotatable bonds is 5. The van der Waals surface area contributed by atoms with Crippen LogP contribution in [0.5, 0.6) is 5.75 Å². The summed E-state index contributed by atoms with van der Waals surface area (Å²) < 4.78 is 0. The number of aliphatic carboxylic acids is 1. The quantitative estimate of drug-likeness (QED) is 0.439. The third-order valence-corrected chi connectivity index (χ3v) is 3.41. The minimum absolute atomic E-state index is 0.0321. The second-order valence-electron chi connectivity index (χ2n) is 5.08. The van der Waals surface area contributed by atoms with Crippen LogP contribution in [-0.4, -0.2) is 27.0 Å². The Kier molecular flexibility index (Phi) is 4.78. The van der Waals surface area contributed by atoms with E-state index in [0.717, 1.165) is 0 Å². The molecule has 0 aliphatic carbocycles. The number of nitro groups is 1. The number of phenolic OH excluding ortho intramolecular Hbond substituents is 1. The summed E-state index contributed by atoms with van der Waals surface area (Å²) >= 11 is 0. The molecule has 2 aromatic carbocycles. The van der Waals surface area contributed by atoms with Gasteiger partial charge in [0.1, 0.15) is 5.75 Å². The number of carboxylic acids is 1. The highest BCUT2D eigenvalue weighted by atomic mass is 16.6. The van der Waals surface area contributed by atoms with E-state index in [0.29, 0.717) is 5.56 Å². The number of aromatic hydroxyl groups is 1. The molecule has 8 heteroatoms. The molecule has 0 atom stereocenters. The lowest BCUT2D eigenvalue weighted by Crippen LogP contribution is -2.14. The molecule has 0 bridgehead atoms. The van der Waals surface area contributed by atoms with E-state index < -0.39 is 16.8 Å². The zero-order valence-electron chi connectivity index (χ0n) is 12.6. The molecule has 124 valence electrons. The fourth-order valence-corrected chi connectivity index (χ4v) is 2.22. The number of carboxylic acid groups (broad SMARTS) is 1. The Bertz CT molecular complexity index is 831. The van der Waals surface area contributed by atoms with E-state index in [-0.39, 0.29) is 34.7 Å². The van der Waals surface area contributed by atoms with Crippen molar-refractivity contribution in [1.29, 1.82) is 0 Å². The van der Waals surface area contributed by atoms with Gasteiger partial charge in [-0.05, 0) is 30.7 Å². The normalized spacial score (nSPS) is 10.2. The summed E-state index contributed by atoms with van der Waals surface area (Å²) in [5.41, 5.74) is 0.524. The Morgan fingerprint density at radius 1 is 1.25 bits per heavy atom. The van der Waals surface area contributed by atoms with E-state index in [4.69, 9.17) is 5.11 Å². The van der Waals surface area contributed by atoms with Crippen LogP contribution in [-0.2, 0) is 11.2 Å². The summed E-state index contributed by atoms with van der Waals surface area (Å²) in [6.07, 6.45) is -0.265. The number of hydrogen-bond acceptors (Lipinski definition) is 5. The molecule has 0 saturated carbocycles. The first-order chi connectivity index (χ1) is 11.3. The van der Waals surface area contributed by atoms with Gasteiger partial charge in [-0.3, -0.25) is 19.7 Å². The number of phenols is 1. The summed E-state index contributed by atoms with van der Waals surface area (Å²) in [7, 11) is 0. The van der Waals surface area contributed by atoms with Crippen molar-refractivity contribution in [2.45, 2.75) is 13.3 Å². The standard InChI is InChI=1S/C16H14N2O6/c1-9-11(3-2-4-13(9)18(23)24)16(22)17-12-7-10(8-15(20)21)5-6-14(12)19/h2-7,19H,8H2,1H3,(H,17,22)(H,20,21). The van der Waals surface area contributed by atoms with Crippen molar-refractivity contribution in [2.75, 3.05) is 5.32 Å². The second kappa shape index (κ2) is 6.78. The zero-order chi connectivity index (χ0) is 17.9. The number of nitrogens with zero attached hydrogens (tertiary/aromatic N) is 1. The largest absolute Gasteiger partial charge is 0.506 e. The van der Waals surface area contributed by atoms with Gasteiger partial charge in [-0.25, -0.2) is 0 Å². The number of hydrogen-bond donors (Lipinski definition) is 3. The highest BCUT2D eigenvalue weighted by Gasteiger charge is 2.19. The van der Waals surface area contributed by atoms with E-state index >= 15 is 0 Å². The molecule has 0 fully saturated rings. The van der Waals surface area contributed by atoms with Crippen LogP contribution in [0.4, 0.5) is 11.4 Å². The number of anilines is 1.